The van der Waals surface area contributed by atoms with Gasteiger partial charge in [0.2, 0.25) is 5.76 Å². The molecule has 1 N–H and O–H groups in total. The van der Waals surface area contributed by atoms with E-state index in [1.807, 2.05) is 6.07 Å². The monoisotopic (exact) mass is 361 g/mol. The Bertz CT molecular complexity index is 740. The second kappa shape index (κ2) is 8.68. The number of benzene rings is 1. The number of rotatable bonds is 7. The summed E-state index contributed by atoms with van der Waals surface area (Å²) in [4.78, 5) is 14.5. The molecule has 0 aliphatic carbocycles. The molecule has 0 atom stereocenters. The average molecular weight is 361 g/mol. The maximum Gasteiger partial charge on any atom is 0.289 e. The first-order valence-electron chi connectivity index (χ1n) is 8.48. The minimum Gasteiger partial charge on any atom is -0.493 e. The van der Waals surface area contributed by atoms with Crippen molar-refractivity contribution in [2.24, 2.45) is 0 Å². The van der Waals surface area contributed by atoms with Crippen molar-refractivity contribution in [2.75, 3.05) is 53.6 Å². The number of carbonyl (C=O) groups is 1. The summed E-state index contributed by atoms with van der Waals surface area (Å²) < 4.78 is 21.0. The first-order valence-corrected chi connectivity index (χ1v) is 8.48. The maximum absolute atomic E-state index is 12.2. The molecule has 140 valence electrons. The summed E-state index contributed by atoms with van der Waals surface area (Å²) in [7, 11) is 3.14. The van der Waals surface area contributed by atoms with Crippen LogP contribution in [0.1, 0.15) is 10.6 Å². The fourth-order valence-corrected chi connectivity index (χ4v) is 2.75. The zero-order valence-electron chi connectivity index (χ0n) is 15.0. The fraction of sp³-hybridized carbons (Fsp3) is 0.444. The van der Waals surface area contributed by atoms with Gasteiger partial charge in [0.05, 0.1) is 27.4 Å². The zero-order valence-corrected chi connectivity index (χ0v) is 15.0. The molecule has 1 aliphatic rings. The van der Waals surface area contributed by atoms with Gasteiger partial charge in [-0.3, -0.25) is 9.69 Å². The average Bonchev–Trinajstić information content (AvgIpc) is 3.18. The first kappa shape index (κ1) is 18.2. The van der Waals surface area contributed by atoms with Crippen molar-refractivity contribution in [2.45, 2.75) is 0 Å². The third kappa shape index (κ3) is 4.33. The van der Waals surface area contributed by atoms with E-state index in [0.717, 1.165) is 38.4 Å². The van der Waals surface area contributed by atoms with E-state index in [4.69, 9.17) is 18.7 Å². The third-order valence-corrected chi connectivity index (χ3v) is 4.23. The normalized spacial score (nSPS) is 14.8. The van der Waals surface area contributed by atoms with Gasteiger partial charge in [0.15, 0.2) is 11.5 Å². The number of ether oxygens (including phenoxy) is 3. The number of methoxy groups -OCH3 is 2. The number of amides is 1. The van der Waals surface area contributed by atoms with Gasteiger partial charge in [-0.15, -0.1) is 0 Å². The van der Waals surface area contributed by atoms with Crippen LogP contribution in [0.4, 0.5) is 0 Å². The SMILES string of the molecule is COc1ccc(-c2cc(C(=O)NCCN3CCOCC3)on2)cc1OC. The van der Waals surface area contributed by atoms with Gasteiger partial charge in [-0.2, -0.15) is 0 Å². The molecule has 0 saturated carbocycles. The summed E-state index contributed by atoms with van der Waals surface area (Å²) >= 11 is 0. The van der Waals surface area contributed by atoms with Crippen LogP contribution in [-0.2, 0) is 4.74 Å². The van der Waals surface area contributed by atoms with E-state index in [2.05, 4.69) is 15.4 Å². The van der Waals surface area contributed by atoms with Crippen molar-refractivity contribution in [3.63, 3.8) is 0 Å². The predicted molar refractivity (Wildman–Crippen MR) is 94.6 cm³/mol. The van der Waals surface area contributed by atoms with Crippen molar-refractivity contribution < 1.29 is 23.5 Å². The van der Waals surface area contributed by atoms with Crippen molar-refractivity contribution in [3.8, 4) is 22.8 Å². The molecule has 0 spiro atoms. The lowest BCUT2D eigenvalue weighted by Crippen LogP contribution is -2.41. The molecular weight excluding hydrogens is 338 g/mol. The Kier molecular flexibility index (Phi) is 6.08. The van der Waals surface area contributed by atoms with Gasteiger partial charge < -0.3 is 24.1 Å². The minimum atomic E-state index is -0.280. The van der Waals surface area contributed by atoms with E-state index in [-0.39, 0.29) is 11.7 Å². The lowest BCUT2D eigenvalue weighted by Gasteiger charge is -2.26. The van der Waals surface area contributed by atoms with E-state index >= 15 is 0 Å². The Labute approximate surface area is 152 Å². The highest BCUT2D eigenvalue weighted by molar-refractivity contribution is 5.92. The molecule has 1 aromatic carbocycles. The number of aromatic nitrogens is 1. The van der Waals surface area contributed by atoms with Crippen LogP contribution in [0.5, 0.6) is 11.5 Å². The van der Waals surface area contributed by atoms with E-state index in [1.54, 1.807) is 32.4 Å². The van der Waals surface area contributed by atoms with Crippen LogP contribution in [-0.4, -0.2) is 69.6 Å². The number of hydrogen-bond acceptors (Lipinski definition) is 7. The van der Waals surface area contributed by atoms with Crippen molar-refractivity contribution in [1.29, 1.82) is 0 Å². The molecule has 2 heterocycles. The van der Waals surface area contributed by atoms with E-state index in [0.29, 0.717) is 23.7 Å². The van der Waals surface area contributed by atoms with Crippen molar-refractivity contribution in [3.05, 3.63) is 30.0 Å². The predicted octanol–water partition coefficient (Wildman–Crippen LogP) is 1.42. The van der Waals surface area contributed by atoms with Crippen LogP contribution in [0.2, 0.25) is 0 Å². The minimum absolute atomic E-state index is 0.178. The lowest BCUT2D eigenvalue weighted by molar-refractivity contribution is 0.0382. The molecule has 2 aromatic rings. The molecule has 3 rings (SSSR count). The van der Waals surface area contributed by atoms with Crippen LogP contribution in [0.25, 0.3) is 11.3 Å². The zero-order chi connectivity index (χ0) is 18.4. The fourth-order valence-electron chi connectivity index (χ4n) is 2.75. The number of hydrogen-bond donors (Lipinski definition) is 1. The molecule has 1 saturated heterocycles. The summed E-state index contributed by atoms with van der Waals surface area (Å²) in [5, 5.41) is 6.83. The number of morpholine rings is 1. The van der Waals surface area contributed by atoms with E-state index < -0.39 is 0 Å². The molecule has 0 unspecified atom stereocenters. The van der Waals surface area contributed by atoms with Gasteiger partial charge in [-0.1, -0.05) is 5.16 Å². The van der Waals surface area contributed by atoms with Crippen LogP contribution < -0.4 is 14.8 Å². The van der Waals surface area contributed by atoms with Crippen LogP contribution in [0, 0.1) is 0 Å². The van der Waals surface area contributed by atoms with Gasteiger partial charge in [0, 0.05) is 37.8 Å². The maximum atomic E-state index is 12.2. The number of nitrogens with one attached hydrogen (secondary N) is 1. The molecule has 1 amide bonds. The highest BCUT2D eigenvalue weighted by Crippen LogP contribution is 2.31. The van der Waals surface area contributed by atoms with Crippen LogP contribution in [0.15, 0.2) is 28.8 Å². The summed E-state index contributed by atoms with van der Waals surface area (Å²) in [6.07, 6.45) is 0. The first-order chi connectivity index (χ1) is 12.7. The molecule has 8 nitrogen and oxygen atoms in total. The van der Waals surface area contributed by atoms with Crippen LogP contribution in [0.3, 0.4) is 0 Å². The van der Waals surface area contributed by atoms with E-state index in [1.165, 1.54) is 0 Å². The Morgan fingerprint density at radius 3 is 2.69 bits per heavy atom. The summed E-state index contributed by atoms with van der Waals surface area (Å²) in [5.74, 6) is 1.11. The van der Waals surface area contributed by atoms with Crippen LogP contribution >= 0.6 is 0 Å². The molecule has 1 fully saturated rings. The highest BCUT2D eigenvalue weighted by Gasteiger charge is 2.16. The second-order valence-electron chi connectivity index (χ2n) is 5.86. The smallest absolute Gasteiger partial charge is 0.289 e. The van der Waals surface area contributed by atoms with Gasteiger partial charge >= 0.3 is 0 Å². The molecule has 8 heteroatoms. The standard InChI is InChI=1S/C18H23N3O5/c1-23-15-4-3-13(11-16(15)24-2)14-12-17(26-20-14)18(22)19-5-6-21-7-9-25-10-8-21/h3-4,11-12H,5-10H2,1-2H3,(H,19,22). The molecule has 1 aliphatic heterocycles. The Morgan fingerprint density at radius 2 is 1.96 bits per heavy atom. The highest BCUT2D eigenvalue weighted by atomic mass is 16.5. The molecule has 0 radical (unpaired) electrons. The Morgan fingerprint density at radius 1 is 1.19 bits per heavy atom. The Hall–Kier alpha value is -2.58. The second-order valence-corrected chi connectivity index (χ2v) is 5.86. The van der Waals surface area contributed by atoms with Crippen molar-refractivity contribution >= 4 is 5.91 Å². The molecule has 1 aromatic heterocycles. The number of carbonyl (C=O) groups excluding carboxylic acids is 1. The third-order valence-electron chi connectivity index (χ3n) is 4.23. The topological polar surface area (TPSA) is 86.1 Å². The summed E-state index contributed by atoms with van der Waals surface area (Å²) in [6.45, 7) is 4.59. The molecule has 26 heavy (non-hydrogen) atoms. The number of nitrogens with zero attached hydrogens (tertiary/aromatic N) is 2. The lowest BCUT2D eigenvalue weighted by atomic mass is 10.1. The summed E-state index contributed by atoms with van der Waals surface area (Å²) in [5.41, 5.74) is 1.34. The van der Waals surface area contributed by atoms with Gasteiger partial charge in [-0.25, -0.2) is 0 Å². The quantitative estimate of drug-likeness (QED) is 0.798. The van der Waals surface area contributed by atoms with Gasteiger partial charge in [0.1, 0.15) is 5.69 Å². The van der Waals surface area contributed by atoms with Gasteiger partial charge in [0.25, 0.3) is 5.91 Å². The largest absolute Gasteiger partial charge is 0.493 e. The van der Waals surface area contributed by atoms with Crippen molar-refractivity contribution in [1.82, 2.24) is 15.4 Å². The summed E-state index contributed by atoms with van der Waals surface area (Å²) in [6, 6.07) is 7.02. The Balaban J connectivity index is 1.59. The van der Waals surface area contributed by atoms with E-state index in [9.17, 15) is 4.79 Å². The van der Waals surface area contributed by atoms with Gasteiger partial charge in [-0.05, 0) is 18.2 Å². The molecule has 0 bridgehead atoms. The molecular formula is C18H23N3O5.